The molecule has 0 spiro atoms. The van der Waals surface area contributed by atoms with Gasteiger partial charge in [-0.3, -0.25) is 9.88 Å². The zero-order valence-corrected chi connectivity index (χ0v) is 11.5. The first-order valence-corrected chi connectivity index (χ1v) is 7.09. The molecule has 0 radical (unpaired) electrons. The number of likely N-dealkylation sites (tertiary alicyclic amines) is 1. The standard InChI is InChI=1S/C16H21N3/c1-17-15-7-10-19(11-8-15)12-14-5-2-4-13-6-3-9-18-16(13)14/h2-6,9,15,17H,7-8,10-12H2,1H3. The molecule has 0 saturated carbocycles. The van der Waals surface area contributed by atoms with E-state index < -0.39 is 0 Å². The van der Waals surface area contributed by atoms with Crippen LogP contribution >= 0.6 is 0 Å². The fourth-order valence-corrected chi connectivity index (χ4v) is 2.92. The van der Waals surface area contributed by atoms with Crippen molar-refractivity contribution in [2.45, 2.75) is 25.4 Å². The molecule has 1 saturated heterocycles. The third kappa shape index (κ3) is 2.77. The first kappa shape index (κ1) is 12.6. The Morgan fingerprint density at radius 3 is 2.79 bits per heavy atom. The predicted molar refractivity (Wildman–Crippen MR) is 79.1 cm³/mol. The molecule has 1 aromatic heterocycles. The van der Waals surface area contributed by atoms with E-state index in [1.54, 1.807) is 0 Å². The van der Waals surface area contributed by atoms with Crippen molar-refractivity contribution >= 4 is 10.9 Å². The van der Waals surface area contributed by atoms with Crippen LogP contribution in [-0.2, 0) is 6.54 Å². The zero-order valence-electron chi connectivity index (χ0n) is 11.5. The first-order valence-electron chi connectivity index (χ1n) is 7.09. The summed E-state index contributed by atoms with van der Waals surface area (Å²) < 4.78 is 0. The Morgan fingerprint density at radius 1 is 1.21 bits per heavy atom. The van der Waals surface area contributed by atoms with Crippen molar-refractivity contribution in [2.24, 2.45) is 0 Å². The lowest BCUT2D eigenvalue weighted by Gasteiger charge is -2.31. The predicted octanol–water partition coefficient (Wildman–Crippen LogP) is 2.42. The SMILES string of the molecule is CNC1CCN(Cc2cccc3cccnc23)CC1. The smallest absolute Gasteiger partial charge is 0.0746 e. The van der Waals surface area contributed by atoms with Crippen molar-refractivity contribution in [3.63, 3.8) is 0 Å². The van der Waals surface area contributed by atoms with Gasteiger partial charge >= 0.3 is 0 Å². The van der Waals surface area contributed by atoms with Gasteiger partial charge in [0.2, 0.25) is 0 Å². The second-order valence-electron chi connectivity index (χ2n) is 5.33. The summed E-state index contributed by atoms with van der Waals surface area (Å²) in [6.45, 7) is 3.37. The molecule has 1 N–H and O–H groups in total. The molecule has 100 valence electrons. The summed E-state index contributed by atoms with van der Waals surface area (Å²) in [7, 11) is 2.06. The summed E-state index contributed by atoms with van der Waals surface area (Å²) in [4.78, 5) is 7.08. The van der Waals surface area contributed by atoms with E-state index >= 15 is 0 Å². The van der Waals surface area contributed by atoms with Gasteiger partial charge in [-0.2, -0.15) is 0 Å². The fourth-order valence-electron chi connectivity index (χ4n) is 2.92. The highest BCUT2D eigenvalue weighted by atomic mass is 15.1. The average molecular weight is 255 g/mol. The Balaban J connectivity index is 1.75. The summed E-state index contributed by atoms with van der Waals surface area (Å²) in [6.07, 6.45) is 4.38. The Hall–Kier alpha value is -1.45. The minimum absolute atomic E-state index is 0.696. The zero-order chi connectivity index (χ0) is 13.1. The molecule has 1 aliphatic heterocycles. The monoisotopic (exact) mass is 255 g/mol. The normalized spacial score (nSPS) is 17.9. The van der Waals surface area contributed by atoms with Gasteiger partial charge in [-0.25, -0.2) is 0 Å². The summed E-state index contributed by atoms with van der Waals surface area (Å²) in [5.41, 5.74) is 2.50. The van der Waals surface area contributed by atoms with Crippen LogP contribution in [0, 0.1) is 0 Å². The number of hydrogen-bond donors (Lipinski definition) is 1. The Bertz CT molecular complexity index is 539. The van der Waals surface area contributed by atoms with Gasteiger partial charge in [0.25, 0.3) is 0 Å². The number of aromatic nitrogens is 1. The number of para-hydroxylation sites is 1. The third-order valence-corrected chi connectivity index (χ3v) is 4.11. The molecule has 3 heteroatoms. The van der Waals surface area contributed by atoms with Crippen LogP contribution in [0.5, 0.6) is 0 Å². The maximum absolute atomic E-state index is 4.54. The van der Waals surface area contributed by atoms with Crippen molar-refractivity contribution in [2.75, 3.05) is 20.1 Å². The van der Waals surface area contributed by atoms with Gasteiger partial charge in [0.05, 0.1) is 5.52 Å². The second kappa shape index (κ2) is 5.68. The number of nitrogens with zero attached hydrogens (tertiary/aromatic N) is 2. The maximum atomic E-state index is 4.54. The molecule has 1 fully saturated rings. The first-order chi connectivity index (χ1) is 9.36. The quantitative estimate of drug-likeness (QED) is 0.913. The molecule has 0 bridgehead atoms. The van der Waals surface area contributed by atoms with Crippen molar-refractivity contribution in [3.8, 4) is 0 Å². The molecular formula is C16H21N3. The van der Waals surface area contributed by atoms with E-state index in [4.69, 9.17) is 0 Å². The fraction of sp³-hybridized carbons (Fsp3) is 0.438. The van der Waals surface area contributed by atoms with Gasteiger partial charge < -0.3 is 5.32 Å². The Labute approximate surface area is 114 Å². The van der Waals surface area contributed by atoms with Crippen LogP contribution in [0.1, 0.15) is 18.4 Å². The van der Waals surface area contributed by atoms with Gasteiger partial charge in [-0.05, 0) is 44.6 Å². The van der Waals surface area contributed by atoms with Gasteiger partial charge in [0.15, 0.2) is 0 Å². The van der Waals surface area contributed by atoms with Crippen molar-refractivity contribution < 1.29 is 0 Å². The number of rotatable bonds is 3. The molecule has 2 heterocycles. The van der Waals surface area contributed by atoms with E-state index in [1.807, 2.05) is 12.3 Å². The highest BCUT2D eigenvalue weighted by molar-refractivity contribution is 5.81. The van der Waals surface area contributed by atoms with Crippen LogP contribution in [0.2, 0.25) is 0 Å². The van der Waals surface area contributed by atoms with E-state index in [0.717, 1.165) is 12.1 Å². The van der Waals surface area contributed by atoms with Crippen LogP contribution < -0.4 is 5.32 Å². The number of nitrogens with one attached hydrogen (secondary N) is 1. The van der Waals surface area contributed by atoms with Crippen LogP contribution in [-0.4, -0.2) is 36.1 Å². The molecule has 0 amide bonds. The molecule has 1 aliphatic rings. The minimum Gasteiger partial charge on any atom is -0.317 e. The van der Waals surface area contributed by atoms with E-state index in [-0.39, 0.29) is 0 Å². The highest BCUT2D eigenvalue weighted by Gasteiger charge is 2.18. The van der Waals surface area contributed by atoms with Crippen molar-refractivity contribution in [3.05, 3.63) is 42.1 Å². The summed E-state index contributed by atoms with van der Waals surface area (Å²) in [5, 5.41) is 4.62. The largest absolute Gasteiger partial charge is 0.317 e. The molecule has 1 aromatic carbocycles. The Kier molecular flexibility index (Phi) is 3.76. The van der Waals surface area contributed by atoms with E-state index in [1.165, 1.54) is 36.9 Å². The number of benzene rings is 1. The van der Waals surface area contributed by atoms with Gasteiger partial charge in [0.1, 0.15) is 0 Å². The van der Waals surface area contributed by atoms with Crippen LogP contribution in [0.15, 0.2) is 36.5 Å². The third-order valence-electron chi connectivity index (χ3n) is 4.11. The van der Waals surface area contributed by atoms with E-state index in [9.17, 15) is 0 Å². The number of fused-ring (bicyclic) bond motifs is 1. The molecule has 19 heavy (non-hydrogen) atoms. The molecule has 0 unspecified atom stereocenters. The van der Waals surface area contributed by atoms with Crippen LogP contribution in [0.3, 0.4) is 0 Å². The lowest BCUT2D eigenvalue weighted by Crippen LogP contribution is -2.40. The van der Waals surface area contributed by atoms with Crippen LogP contribution in [0.4, 0.5) is 0 Å². The lowest BCUT2D eigenvalue weighted by molar-refractivity contribution is 0.195. The van der Waals surface area contributed by atoms with Gasteiger partial charge in [0, 0.05) is 24.2 Å². The van der Waals surface area contributed by atoms with Gasteiger partial charge in [-0.15, -0.1) is 0 Å². The Morgan fingerprint density at radius 2 is 2.00 bits per heavy atom. The lowest BCUT2D eigenvalue weighted by atomic mass is 10.0. The second-order valence-corrected chi connectivity index (χ2v) is 5.33. The number of piperidine rings is 1. The van der Waals surface area contributed by atoms with Gasteiger partial charge in [-0.1, -0.05) is 24.3 Å². The molecular weight excluding hydrogens is 234 g/mol. The topological polar surface area (TPSA) is 28.2 Å². The average Bonchev–Trinajstić information content (AvgIpc) is 2.48. The summed E-state index contributed by atoms with van der Waals surface area (Å²) >= 11 is 0. The molecule has 2 aromatic rings. The molecule has 0 aliphatic carbocycles. The highest BCUT2D eigenvalue weighted by Crippen LogP contribution is 2.19. The van der Waals surface area contributed by atoms with E-state index in [0.29, 0.717) is 6.04 Å². The summed E-state index contributed by atoms with van der Waals surface area (Å²) in [6, 6.07) is 11.3. The van der Waals surface area contributed by atoms with Crippen LogP contribution in [0.25, 0.3) is 10.9 Å². The number of hydrogen-bond acceptors (Lipinski definition) is 3. The number of pyridine rings is 1. The molecule has 3 rings (SSSR count). The minimum atomic E-state index is 0.696. The van der Waals surface area contributed by atoms with Crippen molar-refractivity contribution in [1.82, 2.24) is 15.2 Å². The molecule has 0 atom stereocenters. The maximum Gasteiger partial charge on any atom is 0.0746 e. The summed E-state index contributed by atoms with van der Waals surface area (Å²) in [5.74, 6) is 0. The molecule has 3 nitrogen and oxygen atoms in total. The van der Waals surface area contributed by atoms with E-state index in [2.05, 4.69) is 46.5 Å². The van der Waals surface area contributed by atoms with Crippen molar-refractivity contribution in [1.29, 1.82) is 0 Å².